The number of unbranched alkanes of at least 4 members (excludes halogenated alkanes) is 5. The highest BCUT2D eigenvalue weighted by molar-refractivity contribution is 7.19. The molecule has 0 radical (unpaired) electrons. The van der Waals surface area contributed by atoms with Crippen LogP contribution in [0.1, 0.15) is 51.9 Å². The average molecular weight is 323 g/mol. The van der Waals surface area contributed by atoms with E-state index in [9.17, 15) is 4.79 Å². The molecule has 0 bridgehead atoms. The number of halogens is 1. The normalized spacial score (nSPS) is 15.1. The number of hydrogen-bond donors (Lipinski definition) is 1. The molecule has 5 heteroatoms. The van der Waals surface area contributed by atoms with E-state index in [1.807, 2.05) is 0 Å². The van der Waals surface area contributed by atoms with Gasteiger partial charge in [0.1, 0.15) is 0 Å². The van der Waals surface area contributed by atoms with Gasteiger partial charge in [0, 0.05) is 0 Å². The molecular weight excluding hydrogens is 290 g/mol. The van der Waals surface area contributed by atoms with Gasteiger partial charge in [0.2, 0.25) is 0 Å². The van der Waals surface area contributed by atoms with E-state index in [1.54, 1.807) is 14.1 Å². The Morgan fingerprint density at radius 1 is 1.05 bits per heavy atom. The summed E-state index contributed by atoms with van der Waals surface area (Å²) in [4.78, 5) is 11.0. The van der Waals surface area contributed by atoms with Crippen LogP contribution in [-0.2, 0) is 0 Å². The fourth-order valence-corrected chi connectivity index (χ4v) is 5.27. The van der Waals surface area contributed by atoms with Crippen LogP contribution in [0.3, 0.4) is 0 Å². The molecule has 0 heterocycles. The van der Waals surface area contributed by atoms with Crippen molar-refractivity contribution in [2.75, 3.05) is 20.6 Å². The third kappa shape index (κ3) is 9.78. The van der Waals surface area contributed by atoms with E-state index >= 15 is 0 Å². The average Bonchev–Trinajstić information content (AvgIpc) is 2.32. The summed E-state index contributed by atoms with van der Waals surface area (Å²) in [5.74, 6) is 0. The number of amides is 1. The highest BCUT2D eigenvalue weighted by Gasteiger charge is 2.28. The molecule has 0 fully saturated rings. The van der Waals surface area contributed by atoms with Gasteiger partial charge in [-0.2, -0.15) is 15.9 Å². The summed E-state index contributed by atoms with van der Waals surface area (Å²) in [6, 6.07) is 2.19. The van der Waals surface area contributed by atoms with Gasteiger partial charge >= 0.3 is 6.09 Å². The molecule has 0 rings (SSSR count). The topological polar surface area (TPSA) is 37.3 Å². The first kappa shape index (κ1) is 19.9. The first-order chi connectivity index (χ1) is 9.21. The van der Waals surface area contributed by atoms with Crippen molar-refractivity contribution in [2.45, 2.75) is 70.5 Å². The molecule has 1 unspecified atom stereocenters. The lowest BCUT2D eigenvalue weighted by molar-refractivity contribution is -0.816. The van der Waals surface area contributed by atoms with Crippen molar-refractivity contribution in [1.29, 1.82) is 0 Å². The van der Waals surface area contributed by atoms with Crippen LogP contribution >= 0.6 is 11.1 Å². The molecule has 0 aromatic heterocycles. The van der Waals surface area contributed by atoms with Crippen LogP contribution in [0.15, 0.2) is 0 Å². The van der Waals surface area contributed by atoms with Gasteiger partial charge in [-0.15, -0.1) is 0 Å². The zero-order valence-corrected chi connectivity index (χ0v) is 15.5. The summed E-state index contributed by atoms with van der Waals surface area (Å²) in [6.45, 7) is 5.13. The quantitative estimate of drug-likeness (QED) is 0.242. The van der Waals surface area contributed by atoms with Crippen molar-refractivity contribution in [3.8, 4) is 0 Å². The second-order valence-corrected chi connectivity index (χ2v) is 13.3. The van der Waals surface area contributed by atoms with Crippen molar-refractivity contribution < 1.29 is 14.4 Å². The third-order valence-electron chi connectivity index (χ3n) is 3.98. The molecule has 0 saturated carbocycles. The van der Waals surface area contributed by atoms with Crippen LogP contribution in [0.2, 0.25) is 18.6 Å². The van der Waals surface area contributed by atoms with E-state index in [0.29, 0.717) is 6.54 Å². The number of carbonyl (C=O) groups is 1. The Morgan fingerprint density at radius 3 is 2.10 bits per heavy atom. The maximum atomic E-state index is 11.0. The highest BCUT2D eigenvalue weighted by atomic mass is 35.6. The maximum Gasteiger partial charge on any atom is 0.513 e. The smallest absolute Gasteiger partial charge is 0.435 e. The Hall–Kier alpha value is -0.0631. The Balaban J connectivity index is 3.76. The molecule has 0 aliphatic carbocycles. The van der Waals surface area contributed by atoms with E-state index in [2.05, 4.69) is 13.5 Å². The van der Waals surface area contributed by atoms with Gasteiger partial charge in [-0.05, 0) is 18.5 Å². The van der Waals surface area contributed by atoms with Crippen LogP contribution in [0.5, 0.6) is 0 Å². The van der Waals surface area contributed by atoms with Gasteiger partial charge in [-0.25, -0.2) is 4.48 Å². The van der Waals surface area contributed by atoms with E-state index < -0.39 is 13.5 Å². The van der Waals surface area contributed by atoms with Crippen molar-refractivity contribution in [3.63, 3.8) is 0 Å². The second kappa shape index (κ2) is 9.80. The fraction of sp³-hybridized carbons (Fsp3) is 0.933. The third-order valence-corrected chi connectivity index (χ3v) is 7.91. The zero-order valence-electron chi connectivity index (χ0n) is 13.8. The van der Waals surface area contributed by atoms with Crippen molar-refractivity contribution in [3.05, 3.63) is 0 Å². The molecule has 0 aliphatic rings. The van der Waals surface area contributed by atoms with Crippen molar-refractivity contribution in [1.82, 2.24) is 0 Å². The minimum absolute atomic E-state index is 0.0401. The van der Waals surface area contributed by atoms with Crippen molar-refractivity contribution in [2.24, 2.45) is 0 Å². The number of rotatable bonds is 11. The molecular formula is C15H33ClNO2Si+. The summed E-state index contributed by atoms with van der Waals surface area (Å²) in [6.07, 6.45) is 8.01. The maximum absolute atomic E-state index is 11.0. The Labute approximate surface area is 130 Å². The first-order valence-electron chi connectivity index (χ1n) is 7.97. The molecule has 1 atom stereocenters. The van der Waals surface area contributed by atoms with Gasteiger partial charge in [-0.1, -0.05) is 52.0 Å². The van der Waals surface area contributed by atoms with E-state index in [0.717, 1.165) is 12.5 Å². The molecule has 0 aromatic carbocycles. The zero-order chi connectivity index (χ0) is 15.6. The van der Waals surface area contributed by atoms with Gasteiger partial charge in [0.25, 0.3) is 0 Å². The van der Waals surface area contributed by atoms with Crippen LogP contribution in [-0.4, -0.2) is 43.7 Å². The summed E-state index contributed by atoms with van der Waals surface area (Å²) >= 11 is 6.67. The second-order valence-electron chi connectivity index (χ2n) is 6.73. The molecule has 0 aromatic rings. The van der Waals surface area contributed by atoms with Crippen LogP contribution in [0, 0.1) is 0 Å². The molecule has 20 heavy (non-hydrogen) atoms. The van der Waals surface area contributed by atoms with Crippen LogP contribution in [0.4, 0.5) is 4.79 Å². The number of nitrogens with zero attached hydrogens (tertiary/aromatic N) is 1. The molecule has 0 spiro atoms. The lowest BCUT2D eigenvalue weighted by Gasteiger charge is -2.25. The lowest BCUT2D eigenvalue weighted by atomic mass is 10.1. The number of carboxylic acid groups (broad SMARTS) is 1. The Bertz CT molecular complexity index is 283. The fourth-order valence-electron chi connectivity index (χ4n) is 2.34. The monoisotopic (exact) mass is 322 g/mol. The molecule has 1 amide bonds. The minimum Gasteiger partial charge on any atom is -0.435 e. The molecule has 3 nitrogen and oxygen atoms in total. The summed E-state index contributed by atoms with van der Waals surface area (Å²) in [7, 11) is 1.84. The van der Waals surface area contributed by atoms with Gasteiger partial charge in [-0.3, -0.25) is 0 Å². The Morgan fingerprint density at radius 2 is 1.55 bits per heavy atom. The van der Waals surface area contributed by atoms with E-state index in [1.165, 1.54) is 44.6 Å². The SMILES string of the molecule is CCCCCCCC[Si](C)(Cl)CCC[N+](C)(C)C(=O)O. The predicted molar refractivity (Wildman–Crippen MR) is 90.1 cm³/mol. The minimum atomic E-state index is -1.64. The summed E-state index contributed by atoms with van der Waals surface area (Å²) < 4.78 is 0.0401. The van der Waals surface area contributed by atoms with Crippen LogP contribution in [0.25, 0.3) is 0 Å². The first-order valence-corrected chi connectivity index (χ1v) is 11.9. The van der Waals surface area contributed by atoms with E-state index in [-0.39, 0.29) is 4.48 Å². The molecule has 0 saturated heterocycles. The van der Waals surface area contributed by atoms with Gasteiger partial charge in [0.15, 0.2) is 7.38 Å². The number of hydrogen-bond acceptors (Lipinski definition) is 1. The highest BCUT2D eigenvalue weighted by Crippen LogP contribution is 2.26. The van der Waals surface area contributed by atoms with Gasteiger partial charge < -0.3 is 5.11 Å². The molecule has 1 N–H and O–H groups in total. The van der Waals surface area contributed by atoms with Crippen LogP contribution < -0.4 is 0 Å². The summed E-state index contributed by atoms with van der Waals surface area (Å²) in [5.41, 5.74) is 0. The molecule has 0 aliphatic heterocycles. The predicted octanol–water partition coefficient (Wildman–Crippen LogP) is 5.31. The number of quaternary nitrogens is 1. The van der Waals surface area contributed by atoms with E-state index in [4.69, 9.17) is 16.2 Å². The summed E-state index contributed by atoms with van der Waals surface area (Å²) in [5, 5.41) is 9.07. The van der Waals surface area contributed by atoms with Crippen molar-refractivity contribution >= 4 is 24.6 Å². The molecule has 120 valence electrons. The van der Waals surface area contributed by atoms with Gasteiger partial charge in [0.05, 0.1) is 20.6 Å². The lowest BCUT2D eigenvalue weighted by Crippen LogP contribution is -2.45. The largest absolute Gasteiger partial charge is 0.513 e. The Kier molecular flexibility index (Phi) is 9.77. The standard InChI is InChI=1S/C15H32ClNO2Si/c1-5-6-7-8-9-10-13-20(4,16)14-11-12-17(2,3)15(18)19/h5-14H2,1-4H3/p+1.